The normalized spacial score (nSPS) is 18.7. The van der Waals surface area contributed by atoms with Crippen LogP contribution in [0.3, 0.4) is 0 Å². The Bertz CT molecular complexity index is 684. The third kappa shape index (κ3) is 4.89. The summed E-state index contributed by atoms with van der Waals surface area (Å²) in [6.07, 6.45) is 12.6. The molecule has 0 radical (unpaired) electrons. The lowest BCUT2D eigenvalue weighted by atomic mass is 10.1. The van der Waals surface area contributed by atoms with E-state index in [1.54, 1.807) is 19.3 Å². The molecule has 0 aliphatic carbocycles. The Morgan fingerprint density at radius 3 is 2.72 bits per heavy atom. The minimum atomic E-state index is 0.130. The Labute approximate surface area is 149 Å². The molecule has 0 spiro atoms. The Hall–Kier alpha value is -2.21. The third-order valence-corrected chi connectivity index (χ3v) is 4.90. The maximum absolute atomic E-state index is 12.2. The summed E-state index contributed by atoms with van der Waals surface area (Å²) in [4.78, 5) is 24.8. The maximum Gasteiger partial charge on any atom is 0.219 e. The average Bonchev–Trinajstić information content (AvgIpc) is 2.87. The smallest absolute Gasteiger partial charge is 0.219 e. The number of carbonyl (C=O) groups is 1. The molecule has 6 heteroatoms. The van der Waals surface area contributed by atoms with Crippen LogP contribution in [0.15, 0.2) is 37.2 Å². The molecule has 6 nitrogen and oxygen atoms in total. The Balaban J connectivity index is 1.60. The van der Waals surface area contributed by atoms with Crippen LogP contribution >= 0.6 is 0 Å². The lowest BCUT2D eigenvalue weighted by molar-refractivity contribution is -0.132. The molecule has 0 saturated carbocycles. The predicted molar refractivity (Wildman–Crippen MR) is 96.6 cm³/mol. The predicted octanol–water partition coefficient (Wildman–Crippen LogP) is 2.22. The fourth-order valence-corrected chi connectivity index (χ4v) is 3.63. The lowest BCUT2D eigenvalue weighted by Gasteiger charge is -2.30. The quantitative estimate of drug-likeness (QED) is 0.837. The summed E-state index contributed by atoms with van der Waals surface area (Å²) in [7, 11) is 2.06. The van der Waals surface area contributed by atoms with E-state index in [4.69, 9.17) is 0 Å². The van der Waals surface area contributed by atoms with Gasteiger partial charge in [0.25, 0.3) is 0 Å². The highest BCUT2D eigenvalue weighted by Crippen LogP contribution is 2.20. The van der Waals surface area contributed by atoms with E-state index in [0.717, 1.165) is 44.5 Å². The van der Waals surface area contributed by atoms with Crippen molar-refractivity contribution in [1.29, 1.82) is 0 Å². The second-order valence-corrected chi connectivity index (χ2v) is 6.94. The molecule has 1 saturated heterocycles. The molecule has 1 aliphatic rings. The molecule has 2 aromatic heterocycles. The van der Waals surface area contributed by atoms with E-state index in [1.165, 1.54) is 11.9 Å². The van der Waals surface area contributed by atoms with Crippen molar-refractivity contribution in [3.8, 4) is 0 Å². The number of nitrogens with zero attached hydrogens (tertiary/aromatic N) is 5. The molecule has 0 aromatic carbocycles. The summed E-state index contributed by atoms with van der Waals surface area (Å²) in [5, 5.41) is 0. The van der Waals surface area contributed by atoms with Crippen molar-refractivity contribution in [2.24, 2.45) is 7.05 Å². The van der Waals surface area contributed by atoms with Crippen LogP contribution < -0.4 is 0 Å². The Morgan fingerprint density at radius 2 is 2.04 bits per heavy atom. The number of aryl methyl sites for hydroxylation is 1. The molecule has 1 unspecified atom stereocenters. The summed E-state index contributed by atoms with van der Waals surface area (Å²) >= 11 is 0. The van der Waals surface area contributed by atoms with Crippen LogP contribution in [0.4, 0.5) is 0 Å². The van der Waals surface area contributed by atoms with Crippen molar-refractivity contribution in [2.45, 2.75) is 45.3 Å². The van der Waals surface area contributed by atoms with Crippen LogP contribution in [0.1, 0.15) is 37.3 Å². The number of hydrogen-bond acceptors (Lipinski definition) is 4. The molecule has 25 heavy (non-hydrogen) atoms. The summed E-state index contributed by atoms with van der Waals surface area (Å²) < 4.78 is 2.09. The van der Waals surface area contributed by atoms with Gasteiger partial charge < -0.3 is 9.47 Å². The van der Waals surface area contributed by atoms with Gasteiger partial charge in [-0.25, -0.2) is 9.97 Å². The monoisotopic (exact) mass is 341 g/mol. The minimum Gasteiger partial charge on any atom is -0.357 e. The zero-order valence-electron chi connectivity index (χ0n) is 15.1. The van der Waals surface area contributed by atoms with E-state index in [2.05, 4.69) is 44.9 Å². The second-order valence-electron chi connectivity index (χ2n) is 6.94. The molecule has 1 amide bonds. The molecule has 134 valence electrons. The fraction of sp³-hybridized carbons (Fsp3) is 0.526. The minimum absolute atomic E-state index is 0.130. The lowest BCUT2D eigenvalue weighted by Crippen LogP contribution is -2.39. The second kappa shape index (κ2) is 8.25. The highest BCUT2D eigenvalue weighted by molar-refractivity contribution is 5.73. The highest BCUT2D eigenvalue weighted by Gasteiger charge is 2.24. The first kappa shape index (κ1) is 17.6. The number of aromatic nitrogens is 3. The first-order valence-corrected chi connectivity index (χ1v) is 8.96. The summed E-state index contributed by atoms with van der Waals surface area (Å²) in [6, 6.07) is 2.47. The molecule has 1 aliphatic heterocycles. The molecular weight excluding hydrogens is 314 g/mol. The van der Waals surface area contributed by atoms with E-state index in [0.29, 0.717) is 12.6 Å². The van der Waals surface area contributed by atoms with Crippen molar-refractivity contribution in [1.82, 2.24) is 24.3 Å². The van der Waals surface area contributed by atoms with Gasteiger partial charge in [0.1, 0.15) is 6.33 Å². The van der Waals surface area contributed by atoms with Crippen molar-refractivity contribution in [3.05, 3.63) is 48.3 Å². The zero-order valence-corrected chi connectivity index (χ0v) is 15.1. The summed E-state index contributed by atoms with van der Waals surface area (Å²) in [6.45, 7) is 5.36. The fourth-order valence-electron chi connectivity index (χ4n) is 3.63. The zero-order chi connectivity index (χ0) is 17.6. The first-order chi connectivity index (χ1) is 12.1. The van der Waals surface area contributed by atoms with E-state index in [9.17, 15) is 4.79 Å². The molecule has 1 atom stereocenters. The molecular formula is C19H27N5O. The van der Waals surface area contributed by atoms with Gasteiger partial charge in [0.2, 0.25) is 5.91 Å². The number of likely N-dealkylation sites (tertiary alicyclic amines) is 1. The molecule has 3 rings (SSSR count). The average molecular weight is 341 g/mol. The van der Waals surface area contributed by atoms with Crippen molar-refractivity contribution in [3.63, 3.8) is 0 Å². The number of amides is 1. The standard InChI is InChI=1S/C19H27N5O/c1-16(25)24(14-18-10-20-15-21-11-18)19-4-3-7-23(9-6-19)13-17-5-8-22(2)12-17/h5,8,10-12,15,19H,3-4,6-7,9,13-14H2,1-2H3. The molecule has 3 heterocycles. The number of carbonyl (C=O) groups excluding carboxylic acids is 1. The van der Waals surface area contributed by atoms with Gasteiger partial charge >= 0.3 is 0 Å². The molecule has 1 fully saturated rings. The Morgan fingerprint density at radius 1 is 1.24 bits per heavy atom. The van der Waals surface area contributed by atoms with Gasteiger partial charge in [-0.3, -0.25) is 9.69 Å². The third-order valence-electron chi connectivity index (χ3n) is 4.90. The van der Waals surface area contributed by atoms with Crippen LogP contribution in [0, 0.1) is 0 Å². The van der Waals surface area contributed by atoms with E-state index in [-0.39, 0.29) is 5.91 Å². The van der Waals surface area contributed by atoms with Crippen molar-refractivity contribution >= 4 is 5.91 Å². The Kier molecular flexibility index (Phi) is 5.81. The van der Waals surface area contributed by atoms with Crippen molar-refractivity contribution < 1.29 is 4.79 Å². The van der Waals surface area contributed by atoms with Gasteiger partial charge in [-0.05, 0) is 37.4 Å². The summed E-state index contributed by atoms with van der Waals surface area (Å²) in [5.74, 6) is 0.130. The number of hydrogen-bond donors (Lipinski definition) is 0. The van der Waals surface area contributed by atoms with Gasteiger partial charge in [0.15, 0.2) is 0 Å². The van der Waals surface area contributed by atoms with E-state index in [1.807, 2.05) is 4.90 Å². The van der Waals surface area contributed by atoms with Crippen LogP contribution in [-0.4, -0.2) is 49.4 Å². The van der Waals surface area contributed by atoms with Crippen LogP contribution in [0.5, 0.6) is 0 Å². The summed E-state index contributed by atoms with van der Waals surface area (Å²) in [5.41, 5.74) is 2.34. The van der Waals surface area contributed by atoms with E-state index >= 15 is 0 Å². The van der Waals surface area contributed by atoms with Crippen LogP contribution in [-0.2, 0) is 24.9 Å². The van der Waals surface area contributed by atoms with Gasteiger partial charge in [-0.2, -0.15) is 0 Å². The largest absolute Gasteiger partial charge is 0.357 e. The van der Waals surface area contributed by atoms with Gasteiger partial charge in [0.05, 0.1) is 0 Å². The van der Waals surface area contributed by atoms with Gasteiger partial charge in [-0.15, -0.1) is 0 Å². The SMILES string of the molecule is CC(=O)N(Cc1cncnc1)C1CCCN(Cc2ccn(C)c2)CC1. The van der Waals surface area contributed by atoms with Crippen LogP contribution in [0.25, 0.3) is 0 Å². The molecule has 0 N–H and O–H groups in total. The molecule has 2 aromatic rings. The van der Waals surface area contributed by atoms with Gasteiger partial charge in [0, 0.05) is 70.0 Å². The maximum atomic E-state index is 12.2. The number of rotatable bonds is 5. The van der Waals surface area contributed by atoms with E-state index < -0.39 is 0 Å². The first-order valence-electron chi connectivity index (χ1n) is 8.96. The van der Waals surface area contributed by atoms with Crippen LogP contribution in [0.2, 0.25) is 0 Å². The van der Waals surface area contributed by atoms with Gasteiger partial charge in [-0.1, -0.05) is 0 Å². The van der Waals surface area contributed by atoms with Crippen molar-refractivity contribution in [2.75, 3.05) is 13.1 Å². The topological polar surface area (TPSA) is 54.3 Å². The highest BCUT2D eigenvalue weighted by atomic mass is 16.2. The molecule has 0 bridgehead atoms.